The number of nitrogens with two attached hydrogens (primary N) is 1. The molecule has 1 aromatic carbocycles. The molecule has 0 aliphatic rings. The number of aryl methyl sites for hydroxylation is 1. The van der Waals surface area contributed by atoms with Crippen LogP contribution >= 0.6 is 0 Å². The van der Waals surface area contributed by atoms with Crippen LogP contribution in [0, 0.1) is 6.92 Å². The third-order valence-corrected chi connectivity index (χ3v) is 3.15. The van der Waals surface area contributed by atoms with Gasteiger partial charge in [0.05, 0.1) is 11.7 Å². The lowest BCUT2D eigenvalue weighted by Gasteiger charge is -2.32. The van der Waals surface area contributed by atoms with E-state index in [1.165, 1.54) is 11.1 Å². The second-order valence-electron chi connectivity index (χ2n) is 5.42. The summed E-state index contributed by atoms with van der Waals surface area (Å²) >= 11 is 0. The van der Waals surface area contributed by atoms with E-state index in [0.29, 0.717) is 0 Å². The van der Waals surface area contributed by atoms with Crippen molar-refractivity contribution in [2.45, 2.75) is 58.8 Å². The van der Waals surface area contributed by atoms with Crippen LogP contribution in [0.1, 0.15) is 51.3 Å². The minimum absolute atomic E-state index is 0.0115. The highest BCUT2D eigenvalue weighted by Crippen LogP contribution is 2.28. The molecule has 1 rings (SSSR count). The fraction of sp³-hybridized carbons (Fsp3) is 0.600. The van der Waals surface area contributed by atoms with E-state index in [-0.39, 0.29) is 17.7 Å². The monoisotopic (exact) mass is 235 g/mol. The van der Waals surface area contributed by atoms with Crippen LogP contribution in [0.5, 0.6) is 0 Å². The normalized spacial score (nSPS) is 15.6. The molecule has 0 aliphatic heterocycles. The summed E-state index contributed by atoms with van der Waals surface area (Å²) in [4.78, 5) is 0. The van der Waals surface area contributed by atoms with Crippen molar-refractivity contribution in [2.24, 2.45) is 5.73 Å². The first kappa shape index (κ1) is 14.2. The van der Waals surface area contributed by atoms with E-state index in [1.807, 2.05) is 6.92 Å². The van der Waals surface area contributed by atoms with Gasteiger partial charge in [-0.15, -0.1) is 0 Å². The fourth-order valence-corrected chi connectivity index (χ4v) is 1.75. The number of benzene rings is 1. The zero-order chi connectivity index (χ0) is 13.1. The van der Waals surface area contributed by atoms with Crippen molar-refractivity contribution in [3.63, 3.8) is 0 Å². The molecule has 0 amide bonds. The van der Waals surface area contributed by atoms with Gasteiger partial charge in [-0.25, -0.2) is 0 Å². The maximum atomic E-state index is 6.16. The summed E-state index contributed by atoms with van der Waals surface area (Å²) in [5.74, 6) is 0. The van der Waals surface area contributed by atoms with E-state index < -0.39 is 0 Å². The zero-order valence-electron chi connectivity index (χ0n) is 11.7. The third-order valence-electron chi connectivity index (χ3n) is 3.15. The van der Waals surface area contributed by atoms with E-state index in [2.05, 4.69) is 52.0 Å². The van der Waals surface area contributed by atoms with Crippen molar-refractivity contribution >= 4 is 0 Å². The Labute approximate surface area is 105 Å². The van der Waals surface area contributed by atoms with Gasteiger partial charge < -0.3 is 10.5 Å². The Morgan fingerprint density at radius 3 is 2.47 bits per heavy atom. The molecule has 0 spiro atoms. The molecular formula is C15H25NO. The van der Waals surface area contributed by atoms with Crippen LogP contribution in [0.4, 0.5) is 0 Å². The molecule has 0 radical (unpaired) electrons. The van der Waals surface area contributed by atoms with Crippen LogP contribution in [0.15, 0.2) is 24.3 Å². The molecule has 2 atom stereocenters. The third kappa shape index (κ3) is 4.14. The average Bonchev–Trinajstić information content (AvgIpc) is 2.25. The lowest BCUT2D eigenvalue weighted by molar-refractivity contribution is -0.0833. The van der Waals surface area contributed by atoms with Crippen molar-refractivity contribution in [1.82, 2.24) is 0 Å². The van der Waals surface area contributed by atoms with E-state index in [1.54, 1.807) is 0 Å². The SMILES string of the molecule is CCC(C)(C)OC(c1cccc(C)c1)C(C)N. The van der Waals surface area contributed by atoms with Gasteiger partial charge in [-0.1, -0.05) is 36.8 Å². The Balaban J connectivity index is 2.94. The van der Waals surface area contributed by atoms with Gasteiger partial charge in [-0.05, 0) is 39.7 Å². The number of hydrogen-bond acceptors (Lipinski definition) is 2. The lowest BCUT2D eigenvalue weighted by atomic mass is 9.99. The van der Waals surface area contributed by atoms with Gasteiger partial charge in [0.2, 0.25) is 0 Å². The molecule has 2 unspecified atom stereocenters. The Morgan fingerprint density at radius 2 is 2.00 bits per heavy atom. The molecular weight excluding hydrogens is 210 g/mol. The molecule has 0 aromatic heterocycles. The standard InChI is InChI=1S/C15H25NO/c1-6-15(4,5)17-14(12(3)16)13-9-7-8-11(2)10-13/h7-10,12,14H,6,16H2,1-5H3. The van der Waals surface area contributed by atoms with Crippen molar-refractivity contribution in [2.75, 3.05) is 0 Å². The van der Waals surface area contributed by atoms with Crippen molar-refractivity contribution in [3.8, 4) is 0 Å². The summed E-state index contributed by atoms with van der Waals surface area (Å²) in [6, 6.07) is 8.38. The first-order chi connectivity index (χ1) is 7.85. The quantitative estimate of drug-likeness (QED) is 0.846. The molecule has 96 valence electrons. The highest BCUT2D eigenvalue weighted by Gasteiger charge is 2.25. The Bertz CT molecular complexity index is 358. The molecule has 1 aromatic rings. The summed E-state index contributed by atoms with van der Waals surface area (Å²) in [5.41, 5.74) is 8.33. The predicted molar refractivity (Wildman–Crippen MR) is 73.0 cm³/mol. The Hall–Kier alpha value is -0.860. The predicted octanol–water partition coefficient (Wildman–Crippen LogP) is 3.59. The summed E-state index contributed by atoms with van der Waals surface area (Å²) in [7, 11) is 0. The summed E-state index contributed by atoms with van der Waals surface area (Å²) in [6.07, 6.45) is 0.937. The second-order valence-corrected chi connectivity index (χ2v) is 5.42. The number of hydrogen-bond donors (Lipinski definition) is 1. The van der Waals surface area contributed by atoms with Gasteiger partial charge in [-0.2, -0.15) is 0 Å². The number of ether oxygens (including phenoxy) is 1. The van der Waals surface area contributed by atoms with Gasteiger partial charge in [0, 0.05) is 6.04 Å². The first-order valence-corrected chi connectivity index (χ1v) is 6.35. The Morgan fingerprint density at radius 1 is 1.35 bits per heavy atom. The first-order valence-electron chi connectivity index (χ1n) is 6.35. The van der Waals surface area contributed by atoms with E-state index in [9.17, 15) is 0 Å². The fourth-order valence-electron chi connectivity index (χ4n) is 1.75. The van der Waals surface area contributed by atoms with Crippen molar-refractivity contribution in [1.29, 1.82) is 0 Å². The highest BCUT2D eigenvalue weighted by atomic mass is 16.5. The average molecular weight is 235 g/mol. The molecule has 2 N–H and O–H groups in total. The van der Waals surface area contributed by atoms with Crippen LogP contribution in [0.25, 0.3) is 0 Å². The topological polar surface area (TPSA) is 35.2 Å². The number of rotatable bonds is 5. The molecule has 0 saturated heterocycles. The van der Waals surface area contributed by atoms with E-state index in [0.717, 1.165) is 6.42 Å². The molecule has 0 heterocycles. The maximum Gasteiger partial charge on any atom is 0.0980 e. The van der Waals surface area contributed by atoms with Crippen molar-refractivity contribution in [3.05, 3.63) is 35.4 Å². The zero-order valence-corrected chi connectivity index (χ0v) is 11.7. The van der Waals surface area contributed by atoms with E-state index >= 15 is 0 Å². The van der Waals surface area contributed by atoms with Crippen LogP contribution in [-0.4, -0.2) is 11.6 Å². The van der Waals surface area contributed by atoms with Gasteiger partial charge in [0.25, 0.3) is 0 Å². The highest BCUT2D eigenvalue weighted by molar-refractivity contribution is 5.25. The largest absolute Gasteiger partial charge is 0.366 e. The minimum atomic E-state index is -0.137. The molecule has 0 fully saturated rings. The minimum Gasteiger partial charge on any atom is -0.366 e. The summed E-state index contributed by atoms with van der Waals surface area (Å²) < 4.78 is 6.16. The molecule has 0 aliphatic carbocycles. The van der Waals surface area contributed by atoms with Crippen LogP contribution in [-0.2, 0) is 4.74 Å². The van der Waals surface area contributed by atoms with Crippen molar-refractivity contribution < 1.29 is 4.74 Å². The van der Waals surface area contributed by atoms with Gasteiger partial charge in [0.1, 0.15) is 0 Å². The maximum absolute atomic E-state index is 6.16. The van der Waals surface area contributed by atoms with Crippen LogP contribution in [0.3, 0.4) is 0 Å². The van der Waals surface area contributed by atoms with Gasteiger partial charge in [0.15, 0.2) is 0 Å². The summed E-state index contributed by atoms with van der Waals surface area (Å²) in [5, 5.41) is 0. The van der Waals surface area contributed by atoms with Crippen LogP contribution in [0.2, 0.25) is 0 Å². The summed E-state index contributed by atoms with van der Waals surface area (Å²) in [6.45, 7) is 10.4. The lowest BCUT2D eigenvalue weighted by Crippen LogP contribution is -2.34. The van der Waals surface area contributed by atoms with Crippen LogP contribution < -0.4 is 5.73 Å². The second kappa shape index (κ2) is 5.65. The van der Waals surface area contributed by atoms with E-state index in [4.69, 9.17) is 10.5 Å². The molecule has 0 bridgehead atoms. The molecule has 0 saturated carbocycles. The molecule has 2 nitrogen and oxygen atoms in total. The smallest absolute Gasteiger partial charge is 0.0980 e. The van der Waals surface area contributed by atoms with Gasteiger partial charge >= 0.3 is 0 Å². The van der Waals surface area contributed by atoms with Gasteiger partial charge in [-0.3, -0.25) is 0 Å². The Kier molecular flexibility index (Phi) is 4.72. The molecule has 2 heteroatoms. The molecule has 17 heavy (non-hydrogen) atoms.